The number of carbonyl (C=O) groups is 2. The molecule has 7 nitrogen and oxygen atoms in total. The molecule has 1 saturated carbocycles. The van der Waals surface area contributed by atoms with Gasteiger partial charge in [0, 0.05) is 6.07 Å². The minimum Gasteiger partial charge on any atom is -0.497 e. The third-order valence-corrected chi connectivity index (χ3v) is 4.88. The average Bonchev–Trinajstić information content (AvgIpc) is 3.50. The van der Waals surface area contributed by atoms with E-state index < -0.39 is 5.41 Å². The van der Waals surface area contributed by atoms with Gasteiger partial charge in [0.1, 0.15) is 22.7 Å². The van der Waals surface area contributed by atoms with Gasteiger partial charge in [-0.1, -0.05) is 6.07 Å². The van der Waals surface area contributed by atoms with E-state index in [4.69, 9.17) is 14.2 Å². The Hall–Kier alpha value is -3.22. The zero-order valence-corrected chi connectivity index (χ0v) is 16.4. The third kappa shape index (κ3) is 3.74. The number of rotatable bonds is 7. The maximum atomic E-state index is 12.9. The second-order valence-corrected chi connectivity index (χ2v) is 6.76. The lowest BCUT2D eigenvalue weighted by atomic mass is 10.0. The van der Waals surface area contributed by atoms with Crippen molar-refractivity contribution in [1.82, 2.24) is 0 Å². The summed E-state index contributed by atoms with van der Waals surface area (Å²) in [5.41, 5.74) is 0.874. The molecule has 0 aromatic heterocycles. The normalized spacial score (nSPS) is 14.0. The number of methoxy groups -OCH3 is 3. The lowest BCUT2D eigenvalue weighted by Gasteiger charge is -2.18. The Morgan fingerprint density at radius 1 is 0.821 bits per heavy atom. The summed E-state index contributed by atoms with van der Waals surface area (Å²) in [5.74, 6) is 0.893. The number of hydrogen-bond acceptors (Lipinski definition) is 5. The van der Waals surface area contributed by atoms with Gasteiger partial charge in [-0.2, -0.15) is 0 Å². The summed E-state index contributed by atoms with van der Waals surface area (Å²) in [6, 6.07) is 10.6. The van der Waals surface area contributed by atoms with Crippen LogP contribution in [0, 0.1) is 12.3 Å². The highest BCUT2D eigenvalue weighted by Crippen LogP contribution is 2.48. The van der Waals surface area contributed by atoms with Gasteiger partial charge < -0.3 is 24.8 Å². The fraction of sp³-hybridized carbons (Fsp3) is 0.333. The molecule has 2 N–H and O–H groups in total. The molecule has 0 aliphatic heterocycles. The highest BCUT2D eigenvalue weighted by atomic mass is 16.5. The predicted molar refractivity (Wildman–Crippen MR) is 106 cm³/mol. The highest BCUT2D eigenvalue weighted by Gasteiger charge is 2.56. The van der Waals surface area contributed by atoms with Crippen LogP contribution in [0.2, 0.25) is 0 Å². The van der Waals surface area contributed by atoms with Crippen molar-refractivity contribution in [3.8, 4) is 17.2 Å². The lowest BCUT2D eigenvalue weighted by molar-refractivity contribution is -0.131. The van der Waals surface area contributed by atoms with Gasteiger partial charge in [-0.25, -0.2) is 0 Å². The van der Waals surface area contributed by atoms with Crippen molar-refractivity contribution in [2.75, 3.05) is 32.0 Å². The molecule has 0 bridgehead atoms. The molecule has 0 heterocycles. The van der Waals surface area contributed by atoms with Gasteiger partial charge in [0.05, 0.1) is 32.7 Å². The van der Waals surface area contributed by atoms with Crippen LogP contribution in [0.5, 0.6) is 17.2 Å². The first kappa shape index (κ1) is 19.5. The number of benzene rings is 2. The Morgan fingerprint density at radius 3 is 1.86 bits per heavy atom. The zero-order chi connectivity index (χ0) is 20.3. The maximum Gasteiger partial charge on any atom is 0.240 e. The Kier molecular flexibility index (Phi) is 5.44. The van der Waals surface area contributed by atoms with Crippen molar-refractivity contribution < 1.29 is 23.8 Å². The summed E-state index contributed by atoms with van der Waals surface area (Å²) in [7, 11) is 4.59. The third-order valence-electron chi connectivity index (χ3n) is 4.88. The Balaban J connectivity index is 1.79. The van der Waals surface area contributed by atoms with Crippen molar-refractivity contribution in [2.24, 2.45) is 5.41 Å². The summed E-state index contributed by atoms with van der Waals surface area (Å²) in [5, 5.41) is 5.65. The van der Waals surface area contributed by atoms with Gasteiger partial charge in [-0.15, -0.1) is 0 Å². The molecule has 0 unspecified atom stereocenters. The van der Waals surface area contributed by atoms with E-state index in [1.54, 1.807) is 31.4 Å². The summed E-state index contributed by atoms with van der Waals surface area (Å²) in [6.07, 6.45) is 0.955. The molecule has 148 valence electrons. The summed E-state index contributed by atoms with van der Waals surface area (Å²) < 4.78 is 15.8. The van der Waals surface area contributed by atoms with Crippen molar-refractivity contribution in [1.29, 1.82) is 0 Å². The summed E-state index contributed by atoms with van der Waals surface area (Å²) in [4.78, 5) is 25.8. The van der Waals surface area contributed by atoms with Gasteiger partial charge in [0.2, 0.25) is 11.8 Å². The van der Waals surface area contributed by atoms with Gasteiger partial charge in [0.15, 0.2) is 0 Å². The van der Waals surface area contributed by atoms with Crippen LogP contribution in [-0.4, -0.2) is 33.1 Å². The molecule has 7 heteroatoms. The van der Waals surface area contributed by atoms with Gasteiger partial charge >= 0.3 is 0 Å². The first-order valence-electron chi connectivity index (χ1n) is 8.93. The van der Waals surface area contributed by atoms with E-state index >= 15 is 0 Å². The van der Waals surface area contributed by atoms with Crippen LogP contribution in [0.1, 0.15) is 18.4 Å². The molecular formula is C21H24N2O5. The van der Waals surface area contributed by atoms with Gasteiger partial charge in [-0.3, -0.25) is 9.59 Å². The molecule has 0 spiro atoms. The minimum absolute atomic E-state index is 0.351. The van der Waals surface area contributed by atoms with Crippen molar-refractivity contribution in [3.63, 3.8) is 0 Å². The maximum absolute atomic E-state index is 12.9. The van der Waals surface area contributed by atoms with Crippen LogP contribution in [0.25, 0.3) is 0 Å². The lowest BCUT2D eigenvalue weighted by Crippen LogP contribution is -2.35. The van der Waals surface area contributed by atoms with Crippen molar-refractivity contribution in [2.45, 2.75) is 19.8 Å². The molecular weight excluding hydrogens is 360 g/mol. The molecule has 2 amide bonds. The summed E-state index contributed by atoms with van der Waals surface area (Å²) in [6.45, 7) is 1.92. The molecule has 2 aromatic rings. The Labute approximate surface area is 164 Å². The first-order chi connectivity index (χ1) is 13.4. The molecule has 1 aliphatic carbocycles. The number of ether oxygens (including phenoxy) is 3. The first-order valence-corrected chi connectivity index (χ1v) is 8.93. The molecule has 1 fully saturated rings. The van der Waals surface area contributed by atoms with Crippen molar-refractivity contribution in [3.05, 3.63) is 42.0 Å². The minimum atomic E-state index is -1.11. The highest BCUT2D eigenvalue weighted by molar-refractivity contribution is 6.17. The van der Waals surface area contributed by atoms with Crippen molar-refractivity contribution >= 4 is 23.2 Å². The fourth-order valence-corrected chi connectivity index (χ4v) is 3.00. The predicted octanol–water partition coefficient (Wildman–Crippen LogP) is 3.38. The fourth-order valence-electron chi connectivity index (χ4n) is 3.00. The number of amides is 2. The van der Waals surface area contributed by atoms with Crippen LogP contribution < -0.4 is 24.8 Å². The summed E-state index contributed by atoms with van der Waals surface area (Å²) >= 11 is 0. The largest absolute Gasteiger partial charge is 0.497 e. The number of anilines is 2. The van der Waals surface area contributed by atoms with Crippen LogP contribution in [-0.2, 0) is 9.59 Å². The van der Waals surface area contributed by atoms with Crippen LogP contribution in [0.15, 0.2) is 36.4 Å². The van der Waals surface area contributed by atoms with E-state index in [1.807, 2.05) is 19.1 Å². The molecule has 28 heavy (non-hydrogen) atoms. The van der Waals surface area contributed by atoms with Crippen LogP contribution >= 0.6 is 0 Å². The smallest absolute Gasteiger partial charge is 0.240 e. The molecule has 3 rings (SSSR count). The quantitative estimate of drug-likeness (QED) is 0.715. The van der Waals surface area contributed by atoms with Gasteiger partial charge in [0.25, 0.3) is 0 Å². The van der Waals surface area contributed by atoms with Gasteiger partial charge in [-0.05, 0) is 49.6 Å². The average molecular weight is 384 g/mol. The SMILES string of the molecule is COc1ccc(OC)c(NC(=O)C2(C(=O)Nc3cc(C)ccc3OC)CC2)c1. The van der Waals surface area contributed by atoms with E-state index in [0.717, 1.165) is 5.56 Å². The van der Waals surface area contributed by atoms with E-state index in [0.29, 0.717) is 41.5 Å². The van der Waals surface area contributed by atoms with Crippen LogP contribution in [0.3, 0.4) is 0 Å². The molecule has 0 saturated heterocycles. The second-order valence-electron chi connectivity index (χ2n) is 6.76. The Morgan fingerprint density at radius 2 is 1.36 bits per heavy atom. The standard InChI is InChI=1S/C21H24N2O5/c1-13-5-7-17(27-3)15(11-13)22-19(24)21(9-10-21)20(25)23-16-12-14(26-2)6-8-18(16)28-4/h5-8,11-12H,9-10H2,1-4H3,(H,22,24)(H,23,25). The monoisotopic (exact) mass is 384 g/mol. The van der Waals surface area contributed by atoms with E-state index in [2.05, 4.69) is 10.6 Å². The van der Waals surface area contributed by atoms with E-state index in [-0.39, 0.29) is 11.8 Å². The van der Waals surface area contributed by atoms with Crippen LogP contribution in [0.4, 0.5) is 11.4 Å². The second kappa shape index (κ2) is 7.80. The topological polar surface area (TPSA) is 85.9 Å². The number of carbonyl (C=O) groups excluding carboxylic acids is 2. The number of hydrogen-bond donors (Lipinski definition) is 2. The Bertz CT molecular complexity index is 906. The number of aryl methyl sites for hydroxylation is 1. The molecule has 0 atom stereocenters. The molecule has 0 radical (unpaired) electrons. The molecule has 2 aromatic carbocycles. The molecule has 1 aliphatic rings. The van der Waals surface area contributed by atoms with E-state index in [9.17, 15) is 9.59 Å². The van der Waals surface area contributed by atoms with E-state index in [1.165, 1.54) is 14.2 Å². The zero-order valence-electron chi connectivity index (χ0n) is 16.4. The number of nitrogens with one attached hydrogen (secondary N) is 2.